The van der Waals surface area contributed by atoms with E-state index in [2.05, 4.69) is 17.6 Å². The van der Waals surface area contributed by atoms with E-state index in [9.17, 15) is 4.79 Å². The van der Waals surface area contributed by atoms with Crippen LogP contribution in [0.2, 0.25) is 0 Å². The molecule has 1 saturated carbocycles. The monoisotopic (exact) mass is 290 g/mol. The first-order valence-electron chi connectivity index (χ1n) is 7.42. The van der Waals surface area contributed by atoms with Crippen LogP contribution in [-0.4, -0.2) is 37.7 Å². The summed E-state index contributed by atoms with van der Waals surface area (Å²) in [5.41, 5.74) is 0. The highest BCUT2D eigenvalue weighted by atomic mass is 35.5. The molecule has 1 amide bonds. The van der Waals surface area contributed by atoms with Gasteiger partial charge in [0.2, 0.25) is 0 Å². The Kier molecular flexibility index (Phi) is 7.73. The van der Waals surface area contributed by atoms with Crippen molar-refractivity contribution in [2.24, 2.45) is 5.92 Å². The molecule has 0 bridgehead atoms. The van der Waals surface area contributed by atoms with Gasteiger partial charge < -0.3 is 15.4 Å². The molecule has 0 aromatic carbocycles. The van der Waals surface area contributed by atoms with E-state index >= 15 is 0 Å². The van der Waals surface area contributed by atoms with Crippen molar-refractivity contribution in [1.82, 2.24) is 10.6 Å². The molecule has 0 aromatic heterocycles. The lowest BCUT2D eigenvalue weighted by Gasteiger charge is -2.31. The molecule has 2 fully saturated rings. The Balaban J connectivity index is 0.00000180. The summed E-state index contributed by atoms with van der Waals surface area (Å²) in [5.74, 6) is 0.955. The minimum Gasteiger partial charge on any atom is -0.366 e. The van der Waals surface area contributed by atoms with Crippen molar-refractivity contribution in [3.63, 3.8) is 0 Å². The van der Waals surface area contributed by atoms with Crippen LogP contribution < -0.4 is 10.6 Å². The zero-order valence-corrected chi connectivity index (χ0v) is 12.6. The van der Waals surface area contributed by atoms with E-state index in [1.807, 2.05) is 0 Å². The fraction of sp³-hybridized carbons (Fsp3) is 0.929. The van der Waals surface area contributed by atoms with Gasteiger partial charge in [-0.2, -0.15) is 0 Å². The Morgan fingerprint density at radius 3 is 2.63 bits per heavy atom. The lowest BCUT2D eigenvalue weighted by Crippen LogP contribution is -2.50. The number of morpholine rings is 1. The first-order chi connectivity index (χ1) is 8.79. The van der Waals surface area contributed by atoms with Crippen molar-refractivity contribution in [2.75, 3.05) is 19.7 Å². The van der Waals surface area contributed by atoms with Gasteiger partial charge in [-0.1, -0.05) is 19.8 Å². The van der Waals surface area contributed by atoms with E-state index in [1.165, 1.54) is 25.7 Å². The molecular weight excluding hydrogens is 264 g/mol. The van der Waals surface area contributed by atoms with Crippen LogP contribution >= 0.6 is 12.4 Å². The lowest BCUT2D eigenvalue weighted by molar-refractivity contribution is -0.135. The van der Waals surface area contributed by atoms with Crippen LogP contribution in [0.25, 0.3) is 0 Å². The summed E-state index contributed by atoms with van der Waals surface area (Å²) in [4.78, 5) is 12.0. The van der Waals surface area contributed by atoms with Gasteiger partial charge in [-0.3, -0.25) is 4.79 Å². The van der Waals surface area contributed by atoms with Crippen molar-refractivity contribution in [3.8, 4) is 0 Å². The number of hydrogen-bond donors (Lipinski definition) is 2. The average molecular weight is 291 g/mol. The van der Waals surface area contributed by atoms with E-state index in [1.54, 1.807) is 0 Å². The Morgan fingerprint density at radius 2 is 2.05 bits per heavy atom. The van der Waals surface area contributed by atoms with Crippen LogP contribution in [0.3, 0.4) is 0 Å². The Labute approximate surface area is 122 Å². The molecule has 1 unspecified atom stereocenters. The summed E-state index contributed by atoms with van der Waals surface area (Å²) in [6.45, 7) is 4.39. The van der Waals surface area contributed by atoms with Gasteiger partial charge in [0, 0.05) is 19.1 Å². The standard InChI is InChI=1S/C14H26N2O2.ClH/c1-2-3-11-4-6-12(7-5-11)16-14(17)13-10-15-8-9-18-13;/h11-13,15H,2-10H2,1H3,(H,16,17);1H. The van der Waals surface area contributed by atoms with Gasteiger partial charge >= 0.3 is 0 Å². The fourth-order valence-electron chi connectivity index (χ4n) is 3.03. The summed E-state index contributed by atoms with van der Waals surface area (Å²) in [7, 11) is 0. The number of carbonyl (C=O) groups excluding carboxylic acids is 1. The van der Waals surface area contributed by atoms with Crippen LogP contribution in [0.4, 0.5) is 0 Å². The third-order valence-electron chi connectivity index (χ3n) is 4.11. The summed E-state index contributed by atoms with van der Waals surface area (Å²) >= 11 is 0. The molecule has 19 heavy (non-hydrogen) atoms. The fourth-order valence-corrected chi connectivity index (χ4v) is 3.03. The minimum absolute atomic E-state index is 0. The molecule has 0 radical (unpaired) electrons. The molecule has 2 rings (SSSR count). The highest BCUT2D eigenvalue weighted by Gasteiger charge is 2.26. The quantitative estimate of drug-likeness (QED) is 0.831. The number of rotatable bonds is 4. The van der Waals surface area contributed by atoms with E-state index < -0.39 is 0 Å². The van der Waals surface area contributed by atoms with Gasteiger partial charge in [-0.05, 0) is 31.6 Å². The van der Waals surface area contributed by atoms with E-state index in [4.69, 9.17) is 4.74 Å². The predicted octanol–water partition coefficient (Wildman–Crippen LogP) is 1.87. The minimum atomic E-state index is -0.285. The topological polar surface area (TPSA) is 50.4 Å². The number of hydrogen-bond acceptors (Lipinski definition) is 3. The second-order valence-electron chi connectivity index (χ2n) is 5.58. The average Bonchev–Trinajstić information content (AvgIpc) is 2.42. The van der Waals surface area contributed by atoms with Gasteiger partial charge in [0.1, 0.15) is 6.10 Å². The molecule has 1 saturated heterocycles. The highest BCUT2D eigenvalue weighted by molar-refractivity contribution is 5.85. The van der Waals surface area contributed by atoms with Crippen molar-refractivity contribution in [1.29, 1.82) is 0 Å². The first-order valence-corrected chi connectivity index (χ1v) is 7.42. The first kappa shape index (κ1) is 16.7. The summed E-state index contributed by atoms with van der Waals surface area (Å²) in [6, 6.07) is 0.371. The Hall–Kier alpha value is -0.320. The number of halogens is 1. The predicted molar refractivity (Wildman–Crippen MR) is 78.7 cm³/mol. The van der Waals surface area contributed by atoms with Crippen molar-refractivity contribution in [2.45, 2.75) is 57.6 Å². The smallest absolute Gasteiger partial charge is 0.250 e. The third-order valence-corrected chi connectivity index (χ3v) is 4.11. The zero-order chi connectivity index (χ0) is 12.8. The van der Waals surface area contributed by atoms with Gasteiger partial charge in [0.25, 0.3) is 5.91 Å². The molecule has 4 nitrogen and oxygen atoms in total. The molecule has 5 heteroatoms. The maximum atomic E-state index is 12.0. The lowest BCUT2D eigenvalue weighted by atomic mass is 9.83. The van der Waals surface area contributed by atoms with Crippen molar-refractivity contribution < 1.29 is 9.53 Å². The molecule has 1 heterocycles. The Bertz CT molecular complexity index is 262. The molecule has 1 aliphatic heterocycles. The molecule has 0 spiro atoms. The number of amides is 1. The SMILES string of the molecule is CCCC1CCC(NC(=O)C2CNCCO2)CC1.Cl. The second-order valence-corrected chi connectivity index (χ2v) is 5.58. The van der Waals surface area contributed by atoms with Gasteiger partial charge in [-0.25, -0.2) is 0 Å². The van der Waals surface area contributed by atoms with Crippen molar-refractivity contribution >= 4 is 18.3 Å². The van der Waals surface area contributed by atoms with Gasteiger partial charge in [0.05, 0.1) is 6.61 Å². The third kappa shape index (κ3) is 5.28. The highest BCUT2D eigenvalue weighted by Crippen LogP contribution is 2.27. The van der Waals surface area contributed by atoms with E-state index in [-0.39, 0.29) is 24.4 Å². The molecule has 2 N–H and O–H groups in total. The van der Waals surface area contributed by atoms with Crippen LogP contribution in [-0.2, 0) is 9.53 Å². The molecule has 1 aliphatic carbocycles. The zero-order valence-electron chi connectivity index (χ0n) is 11.8. The molecule has 112 valence electrons. The number of carbonyl (C=O) groups is 1. The van der Waals surface area contributed by atoms with Crippen LogP contribution in [0, 0.1) is 5.92 Å². The number of nitrogens with one attached hydrogen (secondary N) is 2. The van der Waals surface area contributed by atoms with Gasteiger partial charge in [-0.15, -0.1) is 12.4 Å². The maximum absolute atomic E-state index is 12.0. The van der Waals surface area contributed by atoms with Crippen LogP contribution in [0.5, 0.6) is 0 Å². The normalized spacial score (nSPS) is 31.3. The summed E-state index contributed by atoms with van der Waals surface area (Å²) in [5, 5.41) is 6.34. The van der Waals surface area contributed by atoms with Crippen LogP contribution in [0.1, 0.15) is 45.4 Å². The second kappa shape index (κ2) is 8.77. The summed E-state index contributed by atoms with van der Waals surface area (Å²) < 4.78 is 5.47. The molecule has 1 atom stereocenters. The maximum Gasteiger partial charge on any atom is 0.250 e. The van der Waals surface area contributed by atoms with Crippen LogP contribution in [0.15, 0.2) is 0 Å². The Morgan fingerprint density at radius 1 is 1.32 bits per heavy atom. The van der Waals surface area contributed by atoms with Gasteiger partial charge in [0.15, 0.2) is 0 Å². The number of ether oxygens (including phenoxy) is 1. The van der Waals surface area contributed by atoms with E-state index in [0.717, 1.165) is 25.3 Å². The van der Waals surface area contributed by atoms with Crippen molar-refractivity contribution in [3.05, 3.63) is 0 Å². The largest absolute Gasteiger partial charge is 0.366 e. The molecular formula is C14H27ClN2O2. The molecule has 2 aliphatic rings. The summed E-state index contributed by atoms with van der Waals surface area (Å²) in [6.07, 6.45) is 7.14. The molecule has 0 aromatic rings. The van der Waals surface area contributed by atoms with E-state index in [0.29, 0.717) is 19.2 Å².